The second-order valence-corrected chi connectivity index (χ2v) is 8.94. The van der Waals surface area contributed by atoms with Gasteiger partial charge < -0.3 is 4.90 Å². The van der Waals surface area contributed by atoms with E-state index < -0.39 is 15.1 Å². The van der Waals surface area contributed by atoms with Gasteiger partial charge in [0.2, 0.25) is 0 Å². The highest BCUT2D eigenvalue weighted by Crippen LogP contribution is 2.23. The van der Waals surface area contributed by atoms with Crippen LogP contribution in [-0.2, 0) is 9.84 Å². The van der Waals surface area contributed by atoms with Gasteiger partial charge in [0.05, 0.1) is 11.0 Å². The number of sulfone groups is 1. The van der Waals surface area contributed by atoms with Crippen molar-refractivity contribution in [1.82, 2.24) is 4.90 Å². The Bertz CT molecular complexity index is 836. The minimum absolute atomic E-state index is 0.0910. The highest BCUT2D eigenvalue weighted by atomic mass is 32.2. The summed E-state index contributed by atoms with van der Waals surface area (Å²) in [5.41, 5.74) is 0.614. The molecular weight excluding hydrogens is 310 g/mol. The number of amides is 1. The quantitative estimate of drug-likeness (QED) is 0.865. The summed E-state index contributed by atoms with van der Waals surface area (Å²) >= 11 is 0. The molecule has 0 radical (unpaired) electrons. The molecule has 4 nitrogen and oxygen atoms in total. The summed E-state index contributed by atoms with van der Waals surface area (Å²) < 4.78 is 24.3. The van der Waals surface area contributed by atoms with Gasteiger partial charge in [0.25, 0.3) is 5.91 Å². The van der Waals surface area contributed by atoms with Crippen LogP contribution in [-0.4, -0.2) is 43.3 Å². The van der Waals surface area contributed by atoms with E-state index in [1.807, 2.05) is 50.2 Å². The van der Waals surface area contributed by atoms with E-state index in [4.69, 9.17) is 0 Å². The van der Waals surface area contributed by atoms with Gasteiger partial charge in [-0.3, -0.25) is 4.79 Å². The monoisotopic (exact) mass is 331 g/mol. The van der Waals surface area contributed by atoms with Gasteiger partial charge >= 0.3 is 0 Å². The van der Waals surface area contributed by atoms with E-state index in [0.717, 1.165) is 10.8 Å². The van der Waals surface area contributed by atoms with Crippen molar-refractivity contribution in [2.24, 2.45) is 5.92 Å². The van der Waals surface area contributed by atoms with Crippen LogP contribution >= 0.6 is 0 Å². The van der Waals surface area contributed by atoms with Gasteiger partial charge in [0.1, 0.15) is 0 Å². The molecule has 1 saturated heterocycles. The molecular formula is C18H21NO3S. The topological polar surface area (TPSA) is 54.5 Å². The van der Waals surface area contributed by atoms with Crippen LogP contribution in [0.5, 0.6) is 0 Å². The maximum Gasteiger partial charge on any atom is 0.253 e. The molecule has 1 aliphatic rings. The summed E-state index contributed by atoms with van der Waals surface area (Å²) in [6, 6.07) is 13.5. The Morgan fingerprint density at radius 1 is 1.13 bits per heavy atom. The van der Waals surface area contributed by atoms with Gasteiger partial charge in [-0.2, -0.15) is 0 Å². The van der Waals surface area contributed by atoms with Gasteiger partial charge in [-0.15, -0.1) is 0 Å². The maximum absolute atomic E-state index is 12.5. The first-order valence-corrected chi connectivity index (χ1v) is 9.58. The third-order valence-corrected chi connectivity index (χ3v) is 6.65. The smallest absolute Gasteiger partial charge is 0.253 e. The van der Waals surface area contributed by atoms with Gasteiger partial charge in [0, 0.05) is 18.7 Å². The van der Waals surface area contributed by atoms with E-state index in [1.54, 1.807) is 11.0 Å². The van der Waals surface area contributed by atoms with Crippen molar-refractivity contribution in [1.29, 1.82) is 0 Å². The molecule has 1 aliphatic heterocycles. The maximum atomic E-state index is 12.5. The second kappa shape index (κ2) is 5.96. The molecule has 1 heterocycles. The minimum atomic E-state index is -3.10. The lowest BCUT2D eigenvalue weighted by Crippen LogP contribution is -2.57. The average molecular weight is 331 g/mol. The van der Waals surface area contributed by atoms with E-state index in [9.17, 15) is 13.2 Å². The van der Waals surface area contributed by atoms with Crippen molar-refractivity contribution in [3.05, 3.63) is 48.0 Å². The molecule has 0 spiro atoms. The lowest BCUT2D eigenvalue weighted by Gasteiger charge is -2.39. The van der Waals surface area contributed by atoms with Crippen molar-refractivity contribution in [2.75, 3.05) is 18.8 Å². The predicted octanol–water partition coefficient (Wildman–Crippen LogP) is 2.74. The first kappa shape index (κ1) is 16.0. The Morgan fingerprint density at radius 3 is 2.43 bits per heavy atom. The Labute approximate surface area is 137 Å². The summed E-state index contributed by atoms with van der Waals surface area (Å²) in [5, 5.41) is 1.70. The Kier molecular flexibility index (Phi) is 4.15. The number of hydrogen-bond acceptors (Lipinski definition) is 3. The van der Waals surface area contributed by atoms with Crippen molar-refractivity contribution in [3.8, 4) is 0 Å². The first-order chi connectivity index (χ1) is 10.9. The molecule has 0 saturated carbocycles. The van der Waals surface area contributed by atoms with E-state index in [1.165, 1.54) is 0 Å². The van der Waals surface area contributed by atoms with Gasteiger partial charge in [-0.1, -0.05) is 44.2 Å². The van der Waals surface area contributed by atoms with Crippen LogP contribution in [0.15, 0.2) is 42.5 Å². The van der Waals surface area contributed by atoms with Gasteiger partial charge in [-0.25, -0.2) is 8.42 Å². The number of benzene rings is 2. The van der Waals surface area contributed by atoms with Crippen LogP contribution in [0.1, 0.15) is 24.2 Å². The fourth-order valence-electron chi connectivity index (χ4n) is 2.94. The Hall–Kier alpha value is -1.88. The molecule has 0 bridgehead atoms. The minimum Gasteiger partial charge on any atom is -0.336 e. The zero-order valence-corrected chi connectivity index (χ0v) is 14.2. The molecule has 0 atom stereocenters. The van der Waals surface area contributed by atoms with Crippen LogP contribution in [0.3, 0.4) is 0 Å². The molecule has 1 amide bonds. The van der Waals surface area contributed by atoms with Crippen LogP contribution in [0.4, 0.5) is 0 Å². The summed E-state index contributed by atoms with van der Waals surface area (Å²) in [6.07, 6.45) is 0. The van der Waals surface area contributed by atoms with Crippen LogP contribution < -0.4 is 0 Å². The summed E-state index contributed by atoms with van der Waals surface area (Å²) in [6.45, 7) is 4.41. The molecule has 0 unspecified atom stereocenters. The molecule has 0 aliphatic carbocycles. The third-order valence-electron chi connectivity index (χ3n) is 4.21. The summed E-state index contributed by atoms with van der Waals surface area (Å²) in [5.74, 6) is 0.215. The number of carbonyl (C=O) groups excluding carboxylic acids is 1. The summed E-state index contributed by atoms with van der Waals surface area (Å²) in [7, 11) is -3.10. The molecule has 2 aromatic rings. The molecule has 0 N–H and O–H groups in total. The Balaban J connectivity index is 1.70. The molecule has 5 heteroatoms. The predicted molar refractivity (Wildman–Crippen MR) is 92.3 cm³/mol. The summed E-state index contributed by atoms with van der Waals surface area (Å²) in [4.78, 5) is 14.1. The van der Waals surface area contributed by atoms with E-state index in [-0.39, 0.29) is 17.6 Å². The lowest BCUT2D eigenvalue weighted by molar-refractivity contribution is 0.0659. The zero-order valence-electron chi connectivity index (χ0n) is 13.4. The van der Waals surface area contributed by atoms with Crippen LogP contribution in [0, 0.1) is 5.92 Å². The number of nitrogens with zero attached hydrogens (tertiary/aromatic N) is 1. The number of hydrogen-bond donors (Lipinski definition) is 0. The lowest BCUT2D eigenvalue weighted by atomic mass is 10.0. The van der Waals surface area contributed by atoms with E-state index in [0.29, 0.717) is 18.7 Å². The number of carbonyl (C=O) groups is 1. The number of fused-ring (bicyclic) bond motifs is 1. The van der Waals surface area contributed by atoms with Crippen LogP contribution in [0.25, 0.3) is 10.8 Å². The van der Waals surface area contributed by atoms with Gasteiger partial charge in [0.15, 0.2) is 9.84 Å². The second-order valence-electron chi connectivity index (χ2n) is 6.62. The SMILES string of the molecule is CC(C)CS(=O)(=O)C1CN(C(=O)c2ccc3ccccc3c2)C1. The van der Waals surface area contributed by atoms with Gasteiger partial charge in [-0.05, 0) is 28.8 Å². The van der Waals surface area contributed by atoms with Crippen molar-refractivity contribution in [2.45, 2.75) is 19.1 Å². The molecule has 122 valence electrons. The molecule has 2 aromatic carbocycles. The third kappa shape index (κ3) is 3.24. The van der Waals surface area contributed by atoms with Crippen molar-refractivity contribution < 1.29 is 13.2 Å². The molecule has 23 heavy (non-hydrogen) atoms. The standard InChI is InChI=1S/C18H21NO3S/c1-13(2)12-23(21,22)17-10-19(11-17)18(20)16-8-7-14-5-3-4-6-15(14)9-16/h3-9,13,17H,10-12H2,1-2H3. The van der Waals surface area contributed by atoms with E-state index >= 15 is 0 Å². The fraction of sp³-hybridized carbons (Fsp3) is 0.389. The van der Waals surface area contributed by atoms with Crippen LogP contribution in [0.2, 0.25) is 0 Å². The number of rotatable bonds is 4. The highest BCUT2D eigenvalue weighted by Gasteiger charge is 2.39. The fourth-order valence-corrected chi connectivity index (χ4v) is 4.95. The van der Waals surface area contributed by atoms with Crippen molar-refractivity contribution in [3.63, 3.8) is 0 Å². The van der Waals surface area contributed by atoms with Crippen molar-refractivity contribution >= 4 is 26.5 Å². The zero-order chi connectivity index (χ0) is 16.6. The normalized spacial score (nSPS) is 15.9. The average Bonchev–Trinajstić information content (AvgIpc) is 2.43. The number of likely N-dealkylation sites (tertiary alicyclic amines) is 1. The molecule has 1 fully saturated rings. The Morgan fingerprint density at radius 2 is 1.78 bits per heavy atom. The largest absolute Gasteiger partial charge is 0.336 e. The molecule has 0 aromatic heterocycles. The van der Waals surface area contributed by atoms with E-state index in [2.05, 4.69) is 0 Å². The molecule has 3 rings (SSSR count). The first-order valence-electron chi connectivity index (χ1n) is 7.86. The highest BCUT2D eigenvalue weighted by molar-refractivity contribution is 7.92.